The number of nitrogens with zero attached hydrogens (tertiary/aromatic N) is 2. The lowest BCUT2D eigenvalue weighted by Crippen LogP contribution is -2.20. The number of hydrogen-bond donors (Lipinski definition) is 1. The summed E-state index contributed by atoms with van der Waals surface area (Å²) in [6.45, 7) is 8.55. The number of rotatable bonds is 7. The van der Waals surface area contributed by atoms with Crippen molar-refractivity contribution in [2.24, 2.45) is 0 Å². The van der Waals surface area contributed by atoms with Crippen LogP contribution in [0.25, 0.3) is 0 Å². The predicted octanol–water partition coefficient (Wildman–Crippen LogP) is 3.63. The van der Waals surface area contributed by atoms with Gasteiger partial charge in [0.25, 0.3) is 0 Å². The molecule has 1 atom stereocenters. The van der Waals surface area contributed by atoms with Crippen LogP contribution in [0.5, 0.6) is 0 Å². The van der Waals surface area contributed by atoms with Crippen LogP contribution >= 0.6 is 0 Å². The zero-order valence-corrected chi connectivity index (χ0v) is 12.8. The predicted molar refractivity (Wildman–Crippen MR) is 83.8 cm³/mol. The van der Waals surface area contributed by atoms with Gasteiger partial charge in [0.05, 0.1) is 0 Å². The minimum Gasteiger partial charge on any atom is -0.335 e. The smallest absolute Gasteiger partial charge is 0.105 e. The maximum absolute atomic E-state index is 4.24. The van der Waals surface area contributed by atoms with Gasteiger partial charge in [-0.2, -0.15) is 0 Å². The highest BCUT2D eigenvalue weighted by atomic mass is 15.0. The van der Waals surface area contributed by atoms with Crippen molar-refractivity contribution in [1.29, 1.82) is 0 Å². The molecule has 0 spiro atoms. The molecule has 0 unspecified atom stereocenters. The number of unbranched alkanes of at least 4 members (excludes halogenated alkanes) is 1. The standard InChI is InChI=1S/C17H25N3/c1-14-7-6-8-17(13-14)15(2)18-9-4-5-11-20-12-10-19-16(20)3/h6-8,10,12-13,15,18H,4-5,9,11H2,1-3H3/t15-/m0/s1. The molecule has 0 radical (unpaired) electrons. The highest BCUT2D eigenvalue weighted by Gasteiger charge is 2.04. The molecule has 3 heteroatoms. The van der Waals surface area contributed by atoms with E-state index in [1.54, 1.807) is 0 Å². The van der Waals surface area contributed by atoms with E-state index in [1.165, 1.54) is 24.0 Å². The number of hydrogen-bond acceptors (Lipinski definition) is 2. The lowest BCUT2D eigenvalue weighted by atomic mass is 10.1. The van der Waals surface area contributed by atoms with Crippen molar-refractivity contribution in [3.05, 3.63) is 53.6 Å². The van der Waals surface area contributed by atoms with Crippen molar-refractivity contribution in [2.75, 3.05) is 6.54 Å². The Morgan fingerprint density at radius 2 is 2.10 bits per heavy atom. The Labute approximate surface area is 122 Å². The molecule has 1 aromatic heterocycles. The lowest BCUT2D eigenvalue weighted by molar-refractivity contribution is 0.520. The van der Waals surface area contributed by atoms with E-state index in [1.807, 2.05) is 6.20 Å². The van der Waals surface area contributed by atoms with Crippen molar-refractivity contribution < 1.29 is 0 Å². The lowest BCUT2D eigenvalue weighted by Gasteiger charge is -2.15. The summed E-state index contributed by atoms with van der Waals surface area (Å²) in [5.41, 5.74) is 2.70. The molecule has 2 aromatic rings. The Kier molecular flexibility index (Phi) is 5.36. The summed E-state index contributed by atoms with van der Waals surface area (Å²) in [5, 5.41) is 3.60. The second-order valence-electron chi connectivity index (χ2n) is 5.46. The zero-order valence-electron chi connectivity index (χ0n) is 12.8. The average molecular weight is 271 g/mol. The third-order valence-electron chi connectivity index (χ3n) is 3.74. The molecule has 20 heavy (non-hydrogen) atoms. The minimum absolute atomic E-state index is 0.421. The zero-order chi connectivity index (χ0) is 14.4. The molecule has 108 valence electrons. The number of aromatic nitrogens is 2. The number of benzene rings is 1. The fraction of sp³-hybridized carbons (Fsp3) is 0.471. The third kappa shape index (κ3) is 4.20. The van der Waals surface area contributed by atoms with Gasteiger partial charge in [-0.3, -0.25) is 0 Å². The number of imidazole rings is 1. The quantitative estimate of drug-likeness (QED) is 0.779. The van der Waals surface area contributed by atoms with Crippen molar-refractivity contribution in [3.8, 4) is 0 Å². The molecule has 0 aliphatic carbocycles. The molecule has 2 rings (SSSR count). The van der Waals surface area contributed by atoms with Crippen LogP contribution in [0.1, 0.15) is 42.8 Å². The molecule has 0 aliphatic rings. The summed E-state index contributed by atoms with van der Waals surface area (Å²) in [6.07, 6.45) is 6.30. The van der Waals surface area contributed by atoms with Crippen LogP contribution in [0.15, 0.2) is 36.7 Å². The Balaban J connectivity index is 1.67. The molecular weight excluding hydrogens is 246 g/mol. The van der Waals surface area contributed by atoms with E-state index in [2.05, 4.69) is 66.1 Å². The van der Waals surface area contributed by atoms with Gasteiger partial charge in [-0.15, -0.1) is 0 Å². The van der Waals surface area contributed by atoms with Crippen LogP contribution in [0, 0.1) is 13.8 Å². The van der Waals surface area contributed by atoms with Crippen molar-refractivity contribution in [1.82, 2.24) is 14.9 Å². The largest absolute Gasteiger partial charge is 0.335 e. The van der Waals surface area contributed by atoms with Crippen LogP contribution < -0.4 is 5.32 Å². The van der Waals surface area contributed by atoms with Crippen LogP contribution in [0.3, 0.4) is 0 Å². The maximum atomic E-state index is 4.24. The van der Waals surface area contributed by atoms with Gasteiger partial charge < -0.3 is 9.88 Å². The Morgan fingerprint density at radius 3 is 2.80 bits per heavy atom. The summed E-state index contributed by atoms with van der Waals surface area (Å²) in [4.78, 5) is 4.24. The van der Waals surface area contributed by atoms with Gasteiger partial charge in [0, 0.05) is 25.0 Å². The van der Waals surface area contributed by atoms with Crippen molar-refractivity contribution in [3.63, 3.8) is 0 Å². The van der Waals surface area contributed by atoms with E-state index in [9.17, 15) is 0 Å². The van der Waals surface area contributed by atoms with Gasteiger partial charge in [-0.25, -0.2) is 4.98 Å². The summed E-state index contributed by atoms with van der Waals surface area (Å²) in [6, 6.07) is 9.14. The molecule has 0 saturated heterocycles. The monoisotopic (exact) mass is 271 g/mol. The van der Waals surface area contributed by atoms with E-state index >= 15 is 0 Å². The molecule has 1 N–H and O–H groups in total. The van der Waals surface area contributed by atoms with Crippen LogP contribution in [-0.4, -0.2) is 16.1 Å². The summed E-state index contributed by atoms with van der Waals surface area (Å²) in [7, 11) is 0. The fourth-order valence-corrected chi connectivity index (χ4v) is 2.42. The summed E-state index contributed by atoms with van der Waals surface area (Å²) < 4.78 is 2.21. The van der Waals surface area contributed by atoms with Gasteiger partial charge in [0.15, 0.2) is 0 Å². The molecule has 0 fully saturated rings. The molecule has 0 bridgehead atoms. The molecule has 1 heterocycles. The second kappa shape index (κ2) is 7.25. The molecule has 0 amide bonds. The second-order valence-corrected chi connectivity index (χ2v) is 5.46. The normalized spacial score (nSPS) is 12.6. The van der Waals surface area contributed by atoms with Crippen LogP contribution in [0.4, 0.5) is 0 Å². The Bertz CT molecular complexity index is 531. The maximum Gasteiger partial charge on any atom is 0.105 e. The molecule has 1 aromatic carbocycles. The number of nitrogens with one attached hydrogen (secondary N) is 1. The highest BCUT2D eigenvalue weighted by molar-refractivity contribution is 5.24. The van der Waals surface area contributed by atoms with E-state index in [0.29, 0.717) is 6.04 Å². The van der Waals surface area contributed by atoms with Gasteiger partial charge in [0.1, 0.15) is 5.82 Å². The Morgan fingerprint density at radius 1 is 1.25 bits per heavy atom. The molecule has 0 saturated carbocycles. The average Bonchev–Trinajstić information content (AvgIpc) is 2.84. The van der Waals surface area contributed by atoms with Gasteiger partial charge in [0.2, 0.25) is 0 Å². The van der Waals surface area contributed by atoms with E-state index < -0.39 is 0 Å². The van der Waals surface area contributed by atoms with Crippen molar-refractivity contribution >= 4 is 0 Å². The van der Waals surface area contributed by atoms with Crippen LogP contribution in [0.2, 0.25) is 0 Å². The topological polar surface area (TPSA) is 29.9 Å². The van der Waals surface area contributed by atoms with Gasteiger partial charge in [-0.1, -0.05) is 29.8 Å². The van der Waals surface area contributed by atoms with E-state index in [4.69, 9.17) is 0 Å². The molecule has 3 nitrogen and oxygen atoms in total. The first-order chi connectivity index (χ1) is 9.66. The van der Waals surface area contributed by atoms with Gasteiger partial charge in [-0.05, 0) is 45.7 Å². The summed E-state index contributed by atoms with van der Waals surface area (Å²) >= 11 is 0. The first-order valence-corrected chi connectivity index (χ1v) is 7.44. The van der Waals surface area contributed by atoms with E-state index in [-0.39, 0.29) is 0 Å². The molecule has 0 aliphatic heterocycles. The third-order valence-corrected chi connectivity index (χ3v) is 3.74. The minimum atomic E-state index is 0.421. The molecular formula is C17H25N3. The fourth-order valence-electron chi connectivity index (χ4n) is 2.42. The van der Waals surface area contributed by atoms with E-state index in [0.717, 1.165) is 18.9 Å². The first-order valence-electron chi connectivity index (χ1n) is 7.44. The first kappa shape index (κ1) is 14.8. The van der Waals surface area contributed by atoms with Crippen LogP contribution in [-0.2, 0) is 6.54 Å². The number of aryl methyl sites for hydroxylation is 3. The highest BCUT2D eigenvalue weighted by Crippen LogP contribution is 2.13. The Hall–Kier alpha value is -1.61. The summed E-state index contributed by atoms with van der Waals surface area (Å²) in [5.74, 6) is 1.10. The van der Waals surface area contributed by atoms with Gasteiger partial charge >= 0.3 is 0 Å². The SMILES string of the molecule is Cc1cccc([C@H](C)NCCCCn2ccnc2C)c1. The van der Waals surface area contributed by atoms with Crippen molar-refractivity contribution in [2.45, 2.75) is 46.2 Å².